The molecule has 1 atom stereocenters. The molecule has 0 saturated carbocycles. The van der Waals surface area contributed by atoms with Gasteiger partial charge in [0.05, 0.1) is 25.1 Å². The zero-order valence-corrected chi connectivity index (χ0v) is 19.4. The van der Waals surface area contributed by atoms with Crippen molar-refractivity contribution in [2.45, 2.75) is 13.0 Å². The molecule has 0 aliphatic carbocycles. The van der Waals surface area contributed by atoms with Gasteiger partial charge < -0.3 is 19.9 Å². The van der Waals surface area contributed by atoms with Gasteiger partial charge in [0.25, 0.3) is 0 Å². The number of anilines is 2. The Bertz CT molecular complexity index is 1420. The van der Waals surface area contributed by atoms with E-state index in [2.05, 4.69) is 9.97 Å². The Morgan fingerprint density at radius 2 is 1.82 bits per heavy atom. The summed E-state index contributed by atoms with van der Waals surface area (Å²) in [5.74, 6) is 1.16. The number of aromatic nitrogens is 3. The molecule has 2 N–H and O–H groups in total. The molecule has 1 aliphatic heterocycles. The number of urea groups is 1. The smallest absolute Gasteiger partial charge is 0.324 e. The van der Waals surface area contributed by atoms with Crippen molar-refractivity contribution in [3.8, 4) is 16.9 Å². The molecular weight excluding hydrogens is 435 g/mol. The number of aryl methyl sites for hydroxylation is 2. The molecule has 2 aromatic carbocycles. The lowest BCUT2D eigenvalue weighted by molar-refractivity contribution is 0.219. The molecule has 1 unspecified atom stereocenters. The topological polar surface area (TPSA) is 89.5 Å². The number of hydrogen-bond acceptors (Lipinski definition) is 5. The third-order valence-electron chi connectivity index (χ3n) is 6.37. The Morgan fingerprint density at radius 1 is 1.09 bits per heavy atom. The number of amides is 2. The normalized spacial score (nSPS) is 16.0. The summed E-state index contributed by atoms with van der Waals surface area (Å²) in [6.07, 6.45) is 1.79. The van der Waals surface area contributed by atoms with E-state index in [9.17, 15) is 4.79 Å². The van der Waals surface area contributed by atoms with Crippen molar-refractivity contribution in [2.75, 3.05) is 31.3 Å². The number of methoxy groups -OCH3 is 1. The Kier molecular flexibility index (Phi) is 5.11. The lowest BCUT2D eigenvalue weighted by Crippen LogP contribution is -2.29. The second kappa shape index (κ2) is 8.02. The molecule has 34 heavy (non-hydrogen) atoms. The Balaban J connectivity index is 1.49. The van der Waals surface area contributed by atoms with Crippen LogP contribution in [0.3, 0.4) is 0 Å². The quantitative estimate of drug-likeness (QED) is 0.491. The zero-order chi connectivity index (χ0) is 24.1. The zero-order valence-electron chi connectivity index (χ0n) is 19.4. The molecule has 2 aromatic heterocycles. The van der Waals surface area contributed by atoms with Crippen LogP contribution in [-0.4, -0.2) is 46.2 Å². The van der Waals surface area contributed by atoms with Crippen LogP contribution in [0.15, 0.2) is 48.7 Å². The molecule has 0 bridgehead atoms. The number of nitrogens with two attached hydrogens (primary N) is 1. The summed E-state index contributed by atoms with van der Waals surface area (Å²) < 4.78 is 22.4. The first-order chi connectivity index (χ1) is 16.3. The number of halogens is 1. The van der Waals surface area contributed by atoms with E-state index >= 15 is 4.39 Å². The minimum absolute atomic E-state index is 0.153. The van der Waals surface area contributed by atoms with Crippen LogP contribution in [-0.2, 0) is 7.05 Å². The van der Waals surface area contributed by atoms with Gasteiger partial charge in [-0.15, -0.1) is 0 Å². The number of benzene rings is 2. The van der Waals surface area contributed by atoms with Gasteiger partial charge in [-0.25, -0.2) is 19.2 Å². The van der Waals surface area contributed by atoms with Crippen LogP contribution in [0.4, 0.5) is 20.7 Å². The molecule has 0 spiro atoms. The average molecular weight is 461 g/mol. The first-order valence-corrected chi connectivity index (χ1v) is 10.9. The molecule has 0 radical (unpaired) electrons. The molecule has 3 heterocycles. The minimum atomic E-state index is -0.451. The van der Waals surface area contributed by atoms with E-state index in [1.807, 2.05) is 35.9 Å². The summed E-state index contributed by atoms with van der Waals surface area (Å²) in [4.78, 5) is 24.9. The second-order valence-corrected chi connectivity index (χ2v) is 8.47. The van der Waals surface area contributed by atoms with Crippen LogP contribution < -0.4 is 15.4 Å². The van der Waals surface area contributed by atoms with E-state index in [-0.39, 0.29) is 12.1 Å². The average Bonchev–Trinajstić information content (AvgIpc) is 3.30. The predicted molar refractivity (Wildman–Crippen MR) is 129 cm³/mol. The maximum Gasteiger partial charge on any atom is 0.324 e. The van der Waals surface area contributed by atoms with Crippen molar-refractivity contribution < 1.29 is 13.9 Å². The number of ether oxygens (including phenoxy) is 1. The number of nitrogens with zero attached hydrogens (tertiary/aromatic N) is 5. The Labute approximate surface area is 196 Å². The molecular formula is C25H25FN6O2. The van der Waals surface area contributed by atoms with Gasteiger partial charge in [-0.1, -0.05) is 12.1 Å². The summed E-state index contributed by atoms with van der Waals surface area (Å²) in [5, 5.41) is 0.608. The van der Waals surface area contributed by atoms with Crippen LogP contribution in [0.5, 0.6) is 5.75 Å². The number of fused-ring (bicyclic) bond motifs is 1. The minimum Gasteiger partial charge on any atom is -0.497 e. The van der Waals surface area contributed by atoms with Crippen LogP contribution in [0.2, 0.25) is 0 Å². The van der Waals surface area contributed by atoms with Crippen molar-refractivity contribution in [2.24, 2.45) is 7.05 Å². The lowest BCUT2D eigenvalue weighted by Gasteiger charge is -2.18. The third kappa shape index (κ3) is 3.40. The maximum atomic E-state index is 15.4. The van der Waals surface area contributed by atoms with Gasteiger partial charge in [-0.05, 0) is 42.8 Å². The fraction of sp³-hybridized carbons (Fsp3) is 0.240. The van der Waals surface area contributed by atoms with Gasteiger partial charge in [-0.2, -0.15) is 0 Å². The van der Waals surface area contributed by atoms with E-state index < -0.39 is 5.82 Å². The number of rotatable bonds is 4. The fourth-order valence-electron chi connectivity index (χ4n) is 4.57. The standard InChI is InChI=1S/C25H25FN6O2/c1-14-28-23(27)22-19(12-30(2)24(22)29-14)18-10-7-16(11-20(18)26)32-13-21(31(3)25(32)33)15-5-8-17(34-4)9-6-15/h5-12,21H,13H2,1-4H3,(H2,27,28,29). The van der Waals surface area contributed by atoms with E-state index in [1.54, 1.807) is 49.2 Å². The van der Waals surface area contributed by atoms with Gasteiger partial charge in [-0.3, -0.25) is 4.90 Å². The lowest BCUT2D eigenvalue weighted by atomic mass is 10.0. The highest BCUT2D eigenvalue weighted by Gasteiger charge is 2.36. The van der Waals surface area contributed by atoms with Crippen LogP contribution in [0, 0.1) is 12.7 Å². The fourth-order valence-corrected chi connectivity index (χ4v) is 4.57. The highest BCUT2D eigenvalue weighted by molar-refractivity contribution is 6.01. The third-order valence-corrected chi connectivity index (χ3v) is 6.37. The summed E-state index contributed by atoms with van der Waals surface area (Å²) in [6.45, 7) is 2.18. The van der Waals surface area contributed by atoms with E-state index in [4.69, 9.17) is 10.5 Å². The van der Waals surface area contributed by atoms with Gasteiger partial charge in [0.2, 0.25) is 0 Å². The molecule has 4 aromatic rings. The molecule has 174 valence electrons. The van der Waals surface area contributed by atoms with E-state index in [0.717, 1.165) is 11.3 Å². The van der Waals surface area contributed by atoms with Crippen molar-refractivity contribution in [3.63, 3.8) is 0 Å². The molecule has 1 saturated heterocycles. The Morgan fingerprint density at radius 3 is 2.50 bits per heavy atom. The summed E-state index contributed by atoms with van der Waals surface area (Å²) in [7, 11) is 5.20. The van der Waals surface area contributed by atoms with Crippen molar-refractivity contribution in [3.05, 3.63) is 65.9 Å². The van der Waals surface area contributed by atoms with Crippen LogP contribution >= 0.6 is 0 Å². The van der Waals surface area contributed by atoms with Crippen molar-refractivity contribution >= 4 is 28.6 Å². The van der Waals surface area contributed by atoms with Gasteiger partial charge >= 0.3 is 6.03 Å². The number of carbonyl (C=O) groups excluding carboxylic acids is 1. The predicted octanol–water partition coefficient (Wildman–Crippen LogP) is 4.29. The number of carbonyl (C=O) groups is 1. The van der Waals surface area contributed by atoms with Gasteiger partial charge in [0.15, 0.2) is 0 Å². The van der Waals surface area contributed by atoms with Crippen molar-refractivity contribution in [1.82, 2.24) is 19.4 Å². The summed E-state index contributed by atoms with van der Waals surface area (Å²) in [6, 6.07) is 12.1. The molecule has 8 nitrogen and oxygen atoms in total. The molecule has 5 rings (SSSR count). The van der Waals surface area contributed by atoms with Gasteiger partial charge in [0.1, 0.15) is 28.9 Å². The molecule has 2 amide bonds. The summed E-state index contributed by atoms with van der Waals surface area (Å²) >= 11 is 0. The number of likely N-dealkylation sites (N-methyl/N-ethyl adjacent to an activating group) is 1. The second-order valence-electron chi connectivity index (χ2n) is 8.47. The van der Waals surface area contributed by atoms with Crippen LogP contribution in [0.25, 0.3) is 22.2 Å². The first-order valence-electron chi connectivity index (χ1n) is 10.9. The number of nitrogen functional groups attached to an aromatic ring is 1. The number of hydrogen-bond donors (Lipinski definition) is 1. The highest BCUT2D eigenvalue weighted by Crippen LogP contribution is 2.37. The molecule has 1 aliphatic rings. The SMILES string of the molecule is COc1ccc(C2CN(c3ccc(-c4cn(C)c5nc(C)nc(N)c45)c(F)c3)C(=O)N2C)cc1. The van der Waals surface area contributed by atoms with Crippen molar-refractivity contribution in [1.29, 1.82) is 0 Å². The summed E-state index contributed by atoms with van der Waals surface area (Å²) in [5.41, 5.74) is 9.26. The monoisotopic (exact) mass is 460 g/mol. The maximum absolute atomic E-state index is 15.4. The van der Waals surface area contributed by atoms with Crippen LogP contribution in [0.1, 0.15) is 17.4 Å². The first kappa shape index (κ1) is 21.7. The molecule has 1 fully saturated rings. The van der Waals surface area contributed by atoms with E-state index in [0.29, 0.717) is 46.0 Å². The largest absolute Gasteiger partial charge is 0.497 e. The van der Waals surface area contributed by atoms with E-state index in [1.165, 1.54) is 6.07 Å². The molecule has 9 heteroatoms. The Hall–Kier alpha value is -4.14. The highest BCUT2D eigenvalue weighted by atomic mass is 19.1. The van der Waals surface area contributed by atoms with Gasteiger partial charge in [0, 0.05) is 37.1 Å².